The molecule has 0 rings (SSSR count). The van der Waals surface area contributed by atoms with Gasteiger partial charge in [0, 0.05) is 5.88 Å². The average molecular weight is 209 g/mol. The maximum atomic E-state index is 8.66. The predicted octanol–water partition coefficient (Wildman–Crippen LogP) is 2.10. The highest BCUT2D eigenvalue weighted by atomic mass is 35.5. The maximum Gasteiger partial charge on any atom is 0.117 e. The van der Waals surface area contributed by atoms with Crippen molar-refractivity contribution >= 4 is 23.2 Å². The van der Waals surface area contributed by atoms with E-state index in [2.05, 4.69) is 0 Å². The molecule has 3 atom stereocenters. The molecule has 0 fully saturated rings. The summed E-state index contributed by atoms with van der Waals surface area (Å²) in [7, 11) is 0. The Morgan fingerprint density at radius 2 is 2.17 bits per heavy atom. The summed E-state index contributed by atoms with van der Waals surface area (Å²) in [6.07, 6.45) is 0.672. The van der Waals surface area contributed by atoms with Crippen LogP contribution in [-0.2, 0) is 0 Å². The summed E-state index contributed by atoms with van der Waals surface area (Å²) in [5, 5.41) is 8.32. The molecule has 0 aromatic rings. The topological polar surface area (TPSA) is 49.8 Å². The van der Waals surface area contributed by atoms with E-state index in [4.69, 9.17) is 34.2 Å². The zero-order valence-corrected chi connectivity index (χ0v) is 8.86. The lowest BCUT2D eigenvalue weighted by molar-refractivity contribution is 0.468. The highest BCUT2D eigenvalue weighted by Crippen LogP contribution is 2.21. The van der Waals surface area contributed by atoms with E-state index in [1.54, 1.807) is 6.92 Å². The fraction of sp³-hybridized carbons (Fsp3) is 0.875. The molecule has 0 spiro atoms. The molecule has 2 N–H and O–H groups in total. The number of hydrogen-bond donors (Lipinski definition) is 1. The number of nitriles is 1. The smallest absolute Gasteiger partial charge is 0.117 e. The number of rotatable bonds is 4. The fourth-order valence-corrected chi connectivity index (χ4v) is 1.21. The largest absolute Gasteiger partial charge is 0.312 e. The van der Waals surface area contributed by atoms with Crippen molar-refractivity contribution in [2.24, 2.45) is 11.7 Å². The highest BCUT2D eigenvalue weighted by Gasteiger charge is 2.29. The van der Waals surface area contributed by atoms with Gasteiger partial charge in [-0.3, -0.25) is 0 Å². The molecule has 0 aromatic carbocycles. The van der Waals surface area contributed by atoms with E-state index in [1.165, 1.54) is 0 Å². The van der Waals surface area contributed by atoms with Crippen molar-refractivity contribution in [2.45, 2.75) is 31.2 Å². The van der Waals surface area contributed by atoms with E-state index in [9.17, 15) is 0 Å². The van der Waals surface area contributed by atoms with Crippen molar-refractivity contribution in [3.8, 4) is 6.07 Å². The average Bonchev–Trinajstić information content (AvgIpc) is 2.04. The summed E-state index contributed by atoms with van der Waals surface area (Å²) in [5.41, 5.74) is 4.67. The second kappa shape index (κ2) is 4.91. The Morgan fingerprint density at radius 1 is 1.67 bits per heavy atom. The minimum atomic E-state index is -0.956. The normalized spacial score (nSPS) is 20.7. The first-order valence-electron chi connectivity index (χ1n) is 3.84. The quantitative estimate of drug-likeness (QED) is 0.720. The first-order chi connectivity index (χ1) is 5.44. The minimum Gasteiger partial charge on any atom is -0.312 e. The zero-order valence-electron chi connectivity index (χ0n) is 7.35. The molecular formula is C8H14Cl2N2. The third-order valence-corrected chi connectivity index (χ3v) is 2.92. The molecule has 70 valence electrons. The van der Waals surface area contributed by atoms with Crippen LogP contribution in [0.2, 0.25) is 0 Å². The number of nitrogens with two attached hydrogens (primary N) is 1. The van der Waals surface area contributed by atoms with Crippen molar-refractivity contribution in [3.63, 3.8) is 0 Å². The van der Waals surface area contributed by atoms with Crippen LogP contribution in [0, 0.1) is 17.2 Å². The zero-order chi connectivity index (χ0) is 9.78. The lowest BCUT2D eigenvalue weighted by Crippen LogP contribution is -2.44. The SMILES string of the molecule is CC(CCl)CC(Cl)C(C)(N)C#N. The van der Waals surface area contributed by atoms with E-state index in [0.717, 1.165) is 0 Å². The van der Waals surface area contributed by atoms with E-state index >= 15 is 0 Å². The van der Waals surface area contributed by atoms with Crippen molar-refractivity contribution < 1.29 is 0 Å². The van der Waals surface area contributed by atoms with E-state index in [-0.39, 0.29) is 5.38 Å². The van der Waals surface area contributed by atoms with Crippen molar-refractivity contribution in [3.05, 3.63) is 0 Å². The van der Waals surface area contributed by atoms with Gasteiger partial charge in [0.1, 0.15) is 5.54 Å². The molecule has 0 saturated heterocycles. The van der Waals surface area contributed by atoms with Gasteiger partial charge in [0.05, 0.1) is 11.4 Å². The standard InChI is InChI=1S/C8H14Cl2N2/c1-6(4-9)3-7(10)8(2,12)5-11/h6-7H,3-4,12H2,1-2H3. The fourth-order valence-electron chi connectivity index (χ4n) is 0.731. The van der Waals surface area contributed by atoms with Crippen molar-refractivity contribution in [1.82, 2.24) is 0 Å². The Morgan fingerprint density at radius 3 is 2.50 bits per heavy atom. The van der Waals surface area contributed by atoms with Crippen LogP contribution in [0.3, 0.4) is 0 Å². The van der Waals surface area contributed by atoms with Gasteiger partial charge in [-0.15, -0.1) is 23.2 Å². The Labute approximate surface area is 83.6 Å². The lowest BCUT2D eigenvalue weighted by atomic mass is 9.94. The van der Waals surface area contributed by atoms with Gasteiger partial charge in [0.2, 0.25) is 0 Å². The first-order valence-corrected chi connectivity index (χ1v) is 4.81. The van der Waals surface area contributed by atoms with Crippen molar-refractivity contribution in [1.29, 1.82) is 5.26 Å². The molecular weight excluding hydrogens is 195 g/mol. The lowest BCUT2D eigenvalue weighted by Gasteiger charge is -2.23. The van der Waals surface area contributed by atoms with Gasteiger partial charge in [-0.05, 0) is 19.3 Å². The molecule has 0 radical (unpaired) electrons. The summed E-state index contributed by atoms with van der Waals surface area (Å²) < 4.78 is 0. The molecule has 0 amide bonds. The van der Waals surface area contributed by atoms with Crippen LogP contribution in [0.5, 0.6) is 0 Å². The van der Waals surface area contributed by atoms with E-state index < -0.39 is 5.54 Å². The van der Waals surface area contributed by atoms with Crippen LogP contribution in [0.25, 0.3) is 0 Å². The Hall–Kier alpha value is 0.0300. The molecule has 4 heteroatoms. The summed E-state index contributed by atoms with van der Waals surface area (Å²) in [6, 6.07) is 1.97. The first kappa shape index (κ1) is 12.0. The molecule has 3 unspecified atom stereocenters. The van der Waals surface area contributed by atoms with Gasteiger partial charge >= 0.3 is 0 Å². The van der Waals surface area contributed by atoms with Gasteiger partial charge in [-0.2, -0.15) is 5.26 Å². The van der Waals surface area contributed by atoms with Crippen LogP contribution in [-0.4, -0.2) is 16.8 Å². The molecule has 0 aromatic heterocycles. The molecule has 0 saturated carbocycles. The van der Waals surface area contributed by atoms with Gasteiger partial charge in [-0.25, -0.2) is 0 Å². The third-order valence-electron chi connectivity index (χ3n) is 1.76. The molecule has 0 aliphatic heterocycles. The van der Waals surface area contributed by atoms with E-state index in [1.807, 2.05) is 13.0 Å². The molecule has 2 nitrogen and oxygen atoms in total. The minimum absolute atomic E-state index is 0.297. The highest BCUT2D eigenvalue weighted by molar-refractivity contribution is 6.22. The molecule has 0 aliphatic rings. The molecule has 12 heavy (non-hydrogen) atoms. The Bertz CT molecular complexity index is 174. The third kappa shape index (κ3) is 3.62. The van der Waals surface area contributed by atoms with Crippen LogP contribution < -0.4 is 5.73 Å². The van der Waals surface area contributed by atoms with E-state index in [0.29, 0.717) is 18.2 Å². The maximum absolute atomic E-state index is 8.66. The Kier molecular flexibility index (Phi) is 4.92. The van der Waals surface area contributed by atoms with Crippen molar-refractivity contribution in [2.75, 3.05) is 5.88 Å². The Balaban J connectivity index is 4.05. The number of halogens is 2. The van der Waals surface area contributed by atoms with Gasteiger partial charge in [-0.1, -0.05) is 6.92 Å². The van der Waals surface area contributed by atoms with Crippen LogP contribution in [0.1, 0.15) is 20.3 Å². The summed E-state index contributed by atoms with van der Waals surface area (Å²) in [5.74, 6) is 0.843. The predicted molar refractivity (Wildman–Crippen MR) is 52.3 cm³/mol. The molecule has 0 heterocycles. The second-order valence-corrected chi connectivity index (χ2v) is 4.19. The number of hydrogen-bond acceptors (Lipinski definition) is 2. The van der Waals surface area contributed by atoms with Crippen LogP contribution in [0.15, 0.2) is 0 Å². The van der Waals surface area contributed by atoms with Crippen LogP contribution >= 0.6 is 23.2 Å². The summed E-state index contributed by atoms with van der Waals surface area (Å²) in [6.45, 7) is 3.61. The number of alkyl halides is 2. The summed E-state index contributed by atoms with van der Waals surface area (Å²) >= 11 is 11.5. The molecule has 0 bridgehead atoms. The van der Waals surface area contributed by atoms with Gasteiger partial charge in [0.15, 0.2) is 0 Å². The van der Waals surface area contributed by atoms with Crippen LogP contribution in [0.4, 0.5) is 0 Å². The summed E-state index contributed by atoms with van der Waals surface area (Å²) in [4.78, 5) is 0. The monoisotopic (exact) mass is 208 g/mol. The number of nitrogens with zero attached hydrogens (tertiary/aromatic N) is 1. The van der Waals surface area contributed by atoms with Gasteiger partial charge in [0.25, 0.3) is 0 Å². The molecule has 0 aliphatic carbocycles. The second-order valence-electron chi connectivity index (χ2n) is 3.36. The van der Waals surface area contributed by atoms with Gasteiger partial charge < -0.3 is 5.73 Å².